The Morgan fingerprint density at radius 3 is 2.45 bits per heavy atom. The number of carbonyl (C=O) groups excluding carboxylic acids is 1. The maximum Gasteiger partial charge on any atom is 0.306 e. The Balaban J connectivity index is 2.37. The zero-order valence-corrected chi connectivity index (χ0v) is 13.6. The second-order valence-corrected chi connectivity index (χ2v) is 10.6. The summed E-state index contributed by atoms with van der Waals surface area (Å²) in [6.07, 6.45) is 0. The minimum Gasteiger partial charge on any atom is -0.466 e. The van der Waals surface area contributed by atoms with E-state index in [1.165, 1.54) is 16.0 Å². The Morgan fingerprint density at radius 2 is 1.80 bits per heavy atom. The van der Waals surface area contributed by atoms with Gasteiger partial charge in [0.25, 0.3) is 0 Å². The number of hydrogen-bond donors (Lipinski definition) is 0. The monoisotopic (exact) mass is 286 g/mol. The number of ether oxygens (including phenoxy) is 1. The highest BCUT2D eigenvalue weighted by Crippen LogP contribution is 2.24. The van der Waals surface area contributed by atoms with Crippen molar-refractivity contribution < 1.29 is 9.53 Å². The molecular weight excluding hydrogens is 264 g/mol. The van der Waals surface area contributed by atoms with Crippen LogP contribution in [0.4, 0.5) is 0 Å². The molecule has 0 amide bonds. The molecule has 0 aromatic heterocycles. The molecule has 0 saturated carbocycles. The van der Waals surface area contributed by atoms with E-state index in [1.54, 1.807) is 0 Å². The lowest BCUT2D eigenvalue weighted by Gasteiger charge is -2.28. The summed E-state index contributed by atoms with van der Waals surface area (Å²) in [5, 5.41) is 3.78. The van der Waals surface area contributed by atoms with Crippen LogP contribution in [0.5, 0.6) is 0 Å². The Morgan fingerprint density at radius 1 is 1.15 bits per heavy atom. The van der Waals surface area contributed by atoms with Crippen LogP contribution >= 0.6 is 0 Å². The molecule has 0 heterocycles. The third-order valence-corrected chi connectivity index (χ3v) is 8.42. The molecule has 2 rings (SSSR count). The molecule has 0 N–H and O–H groups in total. The molecule has 0 fully saturated rings. The second kappa shape index (κ2) is 5.79. The zero-order valence-electron chi connectivity index (χ0n) is 12.6. The van der Waals surface area contributed by atoms with Crippen molar-refractivity contribution >= 4 is 30.0 Å². The molecule has 0 spiro atoms. The van der Waals surface area contributed by atoms with Crippen LogP contribution in [0, 0.1) is 0 Å². The highest BCUT2D eigenvalue weighted by atomic mass is 28.3. The van der Waals surface area contributed by atoms with Gasteiger partial charge in [-0.3, -0.25) is 4.79 Å². The topological polar surface area (TPSA) is 26.3 Å². The first-order valence-electron chi connectivity index (χ1n) is 7.12. The summed E-state index contributed by atoms with van der Waals surface area (Å²) in [5.74, 6) is -0.0719. The molecule has 2 aromatic rings. The summed E-state index contributed by atoms with van der Waals surface area (Å²) in [4.78, 5) is 12.0. The van der Waals surface area contributed by atoms with Gasteiger partial charge in [0.2, 0.25) is 0 Å². The van der Waals surface area contributed by atoms with Crippen LogP contribution in [0.1, 0.15) is 13.8 Å². The van der Waals surface area contributed by atoms with Crippen LogP contribution in [0.25, 0.3) is 10.8 Å². The largest absolute Gasteiger partial charge is 0.466 e. The highest BCUT2D eigenvalue weighted by molar-refractivity contribution is 6.93. The predicted octanol–water partition coefficient (Wildman–Crippen LogP) is 3.71. The first-order valence-corrected chi connectivity index (χ1v) is 10.2. The Hall–Kier alpha value is -1.61. The van der Waals surface area contributed by atoms with Crippen molar-refractivity contribution in [2.45, 2.75) is 32.5 Å². The van der Waals surface area contributed by atoms with E-state index in [4.69, 9.17) is 4.74 Å². The molecule has 0 bridgehead atoms. The SMILES string of the molecule is CCOC(=O)C(C)[Si](C)(C)c1ccc2ccccc2c1. The van der Waals surface area contributed by atoms with Gasteiger partial charge < -0.3 is 4.74 Å². The van der Waals surface area contributed by atoms with Crippen LogP contribution in [-0.4, -0.2) is 20.7 Å². The third kappa shape index (κ3) is 2.78. The van der Waals surface area contributed by atoms with Gasteiger partial charge in [-0.15, -0.1) is 0 Å². The number of carbonyl (C=O) groups is 1. The van der Waals surface area contributed by atoms with Crippen molar-refractivity contribution in [3.63, 3.8) is 0 Å². The second-order valence-electron chi connectivity index (χ2n) is 5.76. The number of benzene rings is 2. The Kier molecular flexibility index (Phi) is 4.28. The molecule has 0 aliphatic carbocycles. The van der Waals surface area contributed by atoms with Crippen LogP contribution in [-0.2, 0) is 9.53 Å². The van der Waals surface area contributed by atoms with E-state index >= 15 is 0 Å². The van der Waals surface area contributed by atoms with E-state index in [1.807, 2.05) is 19.9 Å². The molecule has 2 nitrogen and oxygen atoms in total. The first kappa shape index (κ1) is 14.8. The highest BCUT2D eigenvalue weighted by Gasteiger charge is 2.36. The van der Waals surface area contributed by atoms with E-state index in [-0.39, 0.29) is 11.5 Å². The van der Waals surface area contributed by atoms with Crippen molar-refractivity contribution in [2.75, 3.05) is 6.61 Å². The molecular formula is C17H22O2Si. The van der Waals surface area contributed by atoms with Gasteiger partial charge in [0.15, 0.2) is 0 Å². The molecule has 3 heteroatoms. The standard InChI is InChI=1S/C17H22O2Si/c1-5-19-17(18)13(2)20(3,4)16-11-10-14-8-6-7-9-15(14)12-16/h6-13H,5H2,1-4H3. The molecule has 0 radical (unpaired) electrons. The summed E-state index contributed by atoms with van der Waals surface area (Å²) < 4.78 is 5.19. The van der Waals surface area contributed by atoms with Crippen molar-refractivity contribution in [1.82, 2.24) is 0 Å². The van der Waals surface area contributed by atoms with Crippen LogP contribution in [0.3, 0.4) is 0 Å². The molecule has 106 valence electrons. The van der Waals surface area contributed by atoms with E-state index in [9.17, 15) is 4.79 Å². The van der Waals surface area contributed by atoms with Crippen LogP contribution in [0.15, 0.2) is 42.5 Å². The quantitative estimate of drug-likeness (QED) is 0.632. The molecule has 0 aliphatic rings. The fourth-order valence-corrected chi connectivity index (χ4v) is 4.61. The average molecular weight is 286 g/mol. The van der Waals surface area contributed by atoms with Crippen molar-refractivity contribution in [3.8, 4) is 0 Å². The summed E-state index contributed by atoms with van der Waals surface area (Å²) in [6, 6.07) is 14.9. The third-order valence-electron chi connectivity index (χ3n) is 4.22. The first-order chi connectivity index (χ1) is 9.46. The molecule has 1 unspecified atom stereocenters. The van der Waals surface area contributed by atoms with Gasteiger partial charge in [-0.1, -0.05) is 67.7 Å². The molecule has 20 heavy (non-hydrogen) atoms. The molecule has 2 aromatic carbocycles. The summed E-state index contributed by atoms with van der Waals surface area (Å²) in [5.41, 5.74) is -0.0383. The lowest BCUT2D eigenvalue weighted by atomic mass is 10.1. The summed E-state index contributed by atoms with van der Waals surface area (Å²) in [7, 11) is -1.87. The lowest BCUT2D eigenvalue weighted by molar-refractivity contribution is -0.142. The van der Waals surface area contributed by atoms with Crippen molar-refractivity contribution in [1.29, 1.82) is 0 Å². The van der Waals surface area contributed by atoms with Gasteiger partial charge in [0, 0.05) is 0 Å². The van der Waals surface area contributed by atoms with Crippen molar-refractivity contribution in [3.05, 3.63) is 42.5 Å². The average Bonchev–Trinajstić information content (AvgIpc) is 2.46. The molecule has 1 atom stereocenters. The number of hydrogen-bond acceptors (Lipinski definition) is 2. The van der Waals surface area contributed by atoms with Crippen LogP contribution in [0.2, 0.25) is 18.6 Å². The van der Waals surface area contributed by atoms with Gasteiger partial charge >= 0.3 is 5.97 Å². The maximum atomic E-state index is 12.0. The zero-order chi connectivity index (χ0) is 14.8. The predicted molar refractivity (Wildman–Crippen MR) is 87.1 cm³/mol. The Labute approximate surface area is 121 Å². The van der Waals surface area contributed by atoms with Gasteiger partial charge in [0.05, 0.1) is 20.2 Å². The van der Waals surface area contributed by atoms with E-state index in [2.05, 4.69) is 49.5 Å². The van der Waals surface area contributed by atoms with Crippen molar-refractivity contribution in [2.24, 2.45) is 0 Å². The van der Waals surface area contributed by atoms with E-state index in [0.29, 0.717) is 6.61 Å². The minimum atomic E-state index is -1.87. The number of rotatable bonds is 4. The van der Waals surface area contributed by atoms with Gasteiger partial charge in [0.1, 0.15) is 0 Å². The smallest absolute Gasteiger partial charge is 0.306 e. The fraction of sp³-hybridized carbons (Fsp3) is 0.353. The summed E-state index contributed by atoms with van der Waals surface area (Å²) in [6.45, 7) is 8.78. The van der Waals surface area contributed by atoms with Crippen LogP contribution < -0.4 is 5.19 Å². The minimum absolute atomic E-state index is 0.0383. The maximum absolute atomic E-state index is 12.0. The fourth-order valence-electron chi connectivity index (χ4n) is 2.40. The number of fused-ring (bicyclic) bond motifs is 1. The Bertz CT molecular complexity index is 619. The lowest BCUT2D eigenvalue weighted by Crippen LogP contribution is -2.48. The number of esters is 1. The normalized spacial score (nSPS) is 13.2. The van der Waals surface area contributed by atoms with E-state index in [0.717, 1.165) is 0 Å². The van der Waals surface area contributed by atoms with Gasteiger partial charge in [-0.2, -0.15) is 0 Å². The van der Waals surface area contributed by atoms with E-state index < -0.39 is 8.07 Å². The van der Waals surface area contributed by atoms with Gasteiger partial charge in [-0.25, -0.2) is 0 Å². The summed E-state index contributed by atoms with van der Waals surface area (Å²) >= 11 is 0. The molecule has 0 saturated heterocycles. The van der Waals surface area contributed by atoms with Gasteiger partial charge in [-0.05, 0) is 17.7 Å². The molecule has 0 aliphatic heterocycles.